The van der Waals surface area contributed by atoms with Crippen molar-refractivity contribution in [2.45, 2.75) is 26.7 Å². The van der Waals surface area contributed by atoms with Crippen molar-refractivity contribution in [2.75, 3.05) is 6.61 Å². The summed E-state index contributed by atoms with van der Waals surface area (Å²) in [6, 6.07) is 0. The Morgan fingerprint density at radius 2 is 2.31 bits per heavy atom. The summed E-state index contributed by atoms with van der Waals surface area (Å²) in [5.41, 5.74) is 1.43. The summed E-state index contributed by atoms with van der Waals surface area (Å²) in [6.45, 7) is 5.02. The Bertz CT molecular complexity index is 253. The van der Waals surface area contributed by atoms with Gasteiger partial charge in [-0.15, -0.1) is 0 Å². The minimum atomic E-state index is 0.0243. The maximum absolute atomic E-state index is 11.3. The van der Waals surface area contributed by atoms with E-state index in [2.05, 4.69) is 19.9 Å². The van der Waals surface area contributed by atoms with Crippen LogP contribution in [0, 0.1) is 17.8 Å². The van der Waals surface area contributed by atoms with Crippen molar-refractivity contribution in [3.05, 3.63) is 11.6 Å². The zero-order valence-electron chi connectivity index (χ0n) is 8.25. The van der Waals surface area contributed by atoms with Crippen LogP contribution in [0.2, 0.25) is 0 Å². The molecule has 1 heterocycles. The van der Waals surface area contributed by atoms with Gasteiger partial charge in [0.1, 0.15) is 0 Å². The molecule has 0 aromatic carbocycles. The maximum atomic E-state index is 11.3. The summed E-state index contributed by atoms with van der Waals surface area (Å²) in [5.74, 6) is 1.24. The summed E-state index contributed by atoms with van der Waals surface area (Å²) < 4.78 is 5.06. The van der Waals surface area contributed by atoms with Crippen molar-refractivity contribution in [2.24, 2.45) is 17.8 Å². The third kappa shape index (κ3) is 1.50. The van der Waals surface area contributed by atoms with Crippen molar-refractivity contribution in [3.63, 3.8) is 0 Å². The maximum Gasteiger partial charge on any atom is 0.309 e. The average molecular weight is 180 g/mol. The molecule has 0 bridgehead atoms. The zero-order valence-corrected chi connectivity index (χ0v) is 8.25. The molecule has 0 radical (unpaired) electrons. The number of fused-ring (bicyclic) bond motifs is 1. The monoisotopic (exact) mass is 180 g/mol. The van der Waals surface area contributed by atoms with Gasteiger partial charge in [0.05, 0.1) is 12.5 Å². The molecule has 2 heteroatoms. The molecule has 1 aliphatic carbocycles. The molecular weight excluding hydrogens is 164 g/mol. The molecule has 2 nitrogen and oxygen atoms in total. The Morgan fingerprint density at radius 1 is 1.54 bits per heavy atom. The van der Waals surface area contributed by atoms with E-state index in [0.29, 0.717) is 18.4 Å². The molecule has 1 aliphatic heterocycles. The Balaban J connectivity index is 2.12. The molecule has 0 aromatic rings. The van der Waals surface area contributed by atoms with E-state index in [1.807, 2.05) is 0 Å². The number of allylic oxidation sites excluding steroid dienone is 2. The van der Waals surface area contributed by atoms with Crippen LogP contribution in [0.15, 0.2) is 11.6 Å². The van der Waals surface area contributed by atoms with Gasteiger partial charge in [0.2, 0.25) is 0 Å². The summed E-state index contributed by atoms with van der Waals surface area (Å²) in [4.78, 5) is 11.3. The normalized spacial score (nSPS) is 32.8. The van der Waals surface area contributed by atoms with Crippen molar-refractivity contribution in [1.82, 2.24) is 0 Å². The van der Waals surface area contributed by atoms with Gasteiger partial charge in [0, 0.05) is 5.92 Å². The van der Waals surface area contributed by atoms with E-state index in [1.165, 1.54) is 5.57 Å². The lowest BCUT2D eigenvalue weighted by atomic mass is 9.78. The van der Waals surface area contributed by atoms with Gasteiger partial charge >= 0.3 is 5.97 Å². The first-order valence-electron chi connectivity index (χ1n) is 5.04. The summed E-state index contributed by atoms with van der Waals surface area (Å²) >= 11 is 0. The quantitative estimate of drug-likeness (QED) is 0.456. The Kier molecular flexibility index (Phi) is 2.14. The van der Waals surface area contributed by atoms with Crippen molar-refractivity contribution >= 4 is 5.97 Å². The number of hydrogen-bond acceptors (Lipinski definition) is 2. The van der Waals surface area contributed by atoms with Gasteiger partial charge in [-0.2, -0.15) is 0 Å². The fourth-order valence-electron chi connectivity index (χ4n) is 2.20. The zero-order chi connectivity index (χ0) is 9.42. The van der Waals surface area contributed by atoms with Crippen LogP contribution in [-0.2, 0) is 9.53 Å². The summed E-state index contributed by atoms with van der Waals surface area (Å²) in [7, 11) is 0. The van der Waals surface area contributed by atoms with Crippen LogP contribution in [0.5, 0.6) is 0 Å². The van der Waals surface area contributed by atoms with E-state index < -0.39 is 0 Å². The van der Waals surface area contributed by atoms with E-state index in [9.17, 15) is 4.79 Å². The number of hydrogen-bond donors (Lipinski definition) is 0. The fourth-order valence-corrected chi connectivity index (χ4v) is 2.20. The fraction of sp³-hybridized carbons (Fsp3) is 0.727. The molecule has 0 aromatic heterocycles. The molecule has 2 rings (SSSR count). The second-order valence-corrected chi connectivity index (χ2v) is 4.37. The van der Waals surface area contributed by atoms with E-state index >= 15 is 0 Å². The van der Waals surface area contributed by atoms with Gasteiger partial charge in [0.15, 0.2) is 0 Å². The van der Waals surface area contributed by atoms with Crippen LogP contribution in [0.3, 0.4) is 0 Å². The Labute approximate surface area is 79.0 Å². The molecule has 0 saturated carbocycles. The average Bonchev–Trinajstić information content (AvgIpc) is 2.47. The van der Waals surface area contributed by atoms with Crippen LogP contribution in [0.4, 0.5) is 0 Å². The molecule has 72 valence electrons. The molecule has 13 heavy (non-hydrogen) atoms. The minimum absolute atomic E-state index is 0.0243. The van der Waals surface area contributed by atoms with Gasteiger partial charge in [-0.3, -0.25) is 4.79 Å². The van der Waals surface area contributed by atoms with E-state index in [1.54, 1.807) is 0 Å². The van der Waals surface area contributed by atoms with Crippen molar-refractivity contribution in [3.8, 4) is 0 Å². The highest BCUT2D eigenvalue weighted by molar-refractivity contribution is 5.75. The van der Waals surface area contributed by atoms with E-state index in [4.69, 9.17) is 4.74 Å². The minimum Gasteiger partial charge on any atom is -0.465 e. The van der Waals surface area contributed by atoms with Crippen LogP contribution in [-0.4, -0.2) is 12.6 Å². The number of ether oxygens (including phenoxy) is 1. The topological polar surface area (TPSA) is 26.3 Å². The third-order valence-corrected chi connectivity index (χ3v) is 3.19. The highest BCUT2D eigenvalue weighted by Gasteiger charge is 2.38. The molecule has 2 aliphatic rings. The predicted molar refractivity (Wildman–Crippen MR) is 50.1 cm³/mol. The highest BCUT2D eigenvalue weighted by Crippen LogP contribution is 2.37. The first kappa shape index (κ1) is 8.79. The lowest BCUT2D eigenvalue weighted by Crippen LogP contribution is -2.21. The number of carbonyl (C=O) groups excluding carboxylic acids is 1. The van der Waals surface area contributed by atoms with Gasteiger partial charge in [-0.25, -0.2) is 0 Å². The largest absolute Gasteiger partial charge is 0.465 e. The number of cyclic esters (lactones) is 1. The Hall–Kier alpha value is -0.790. The third-order valence-electron chi connectivity index (χ3n) is 3.19. The number of esters is 1. The standard InChI is InChI=1S/C11H16O2/c1-7(2)8-3-4-9-6-13-11(12)10(9)5-8/h3,7,9-10H,4-6H2,1-2H3. The highest BCUT2D eigenvalue weighted by atomic mass is 16.5. The molecule has 0 amide bonds. The van der Waals surface area contributed by atoms with Crippen LogP contribution < -0.4 is 0 Å². The lowest BCUT2D eigenvalue weighted by Gasteiger charge is -2.23. The lowest BCUT2D eigenvalue weighted by molar-refractivity contribution is -0.141. The van der Waals surface area contributed by atoms with Gasteiger partial charge < -0.3 is 4.74 Å². The second-order valence-electron chi connectivity index (χ2n) is 4.37. The molecule has 1 fully saturated rings. The predicted octanol–water partition coefficient (Wildman–Crippen LogP) is 2.15. The van der Waals surface area contributed by atoms with Gasteiger partial charge in [-0.1, -0.05) is 25.5 Å². The van der Waals surface area contributed by atoms with Crippen LogP contribution in [0.25, 0.3) is 0 Å². The molecule has 0 N–H and O–H groups in total. The van der Waals surface area contributed by atoms with Crippen LogP contribution >= 0.6 is 0 Å². The molecule has 2 unspecified atom stereocenters. The van der Waals surface area contributed by atoms with E-state index in [0.717, 1.165) is 12.8 Å². The van der Waals surface area contributed by atoms with Crippen molar-refractivity contribution < 1.29 is 9.53 Å². The smallest absolute Gasteiger partial charge is 0.309 e. The van der Waals surface area contributed by atoms with Gasteiger partial charge in [-0.05, 0) is 18.8 Å². The van der Waals surface area contributed by atoms with E-state index in [-0.39, 0.29) is 11.9 Å². The first-order valence-corrected chi connectivity index (χ1v) is 5.04. The summed E-state index contributed by atoms with van der Waals surface area (Å²) in [5, 5.41) is 0. The molecule has 0 spiro atoms. The number of rotatable bonds is 1. The summed E-state index contributed by atoms with van der Waals surface area (Å²) in [6.07, 6.45) is 4.26. The van der Waals surface area contributed by atoms with Crippen LogP contribution in [0.1, 0.15) is 26.7 Å². The molecular formula is C11H16O2. The van der Waals surface area contributed by atoms with Gasteiger partial charge in [0.25, 0.3) is 0 Å². The Morgan fingerprint density at radius 3 is 3.00 bits per heavy atom. The molecule has 2 atom stereocenters. The first-order chi connectivity index (χ1) is 6.18. The van der Waals surface area contributed by atoms with Crippen molar-refractivity contribution in [1.29, 1.82) is 0 Å². The second kappa shape index (κ2) is 3.17. The molecule has 1 saturated heterocycles. The SMILES string of the molecule is CC(C)C1=CCC2COC(=O)C2C1. The number of carbonyl (C=O) groups is 1.